The Hall–Kier alpha value is -1.47. The first-order chi connectivity index (χ1) is 20.0. The van der Waals surface area contributed by atoms with Crippen LogP contribution in [0.4, 0.5) is 0 Å². The first kappa shape index (κ1) is 36.7. The van der Waals surface area contributed by atoms with Crippen molar-refractivity contribution in [2.24, 2.45) is 11.8 Å². The molecule has 42 heavy (non-hydrogen) atoms. The van der Waals surface area contributed by atoms with E-state index in [4.69, 9.17) is 9.47 Å². The second kappa shape index (κ2) is 19.0. The summed E-state index contributed by atoms with van der Waals surface area (Å²) in [7, 11) is 0. The molecule has 0 spiro atoms. The van der Waals surface area contributed by atoms with Crippen LogP contribution in [0.15, 0.2) is 36.0 Å². The molecule has 0 aromatic carbocycles. The van der Waals surface area contributed by atoms with Crippen molar-refractivity contribution < 1.29 is 29.6 Å². The zero-order valence-corrected chi connectivity index (χ0v) is 27.2. The Labute approximate surface area is 256 Å². The number of esters is 1. The van der Waals surface area contributed by atoms with E-state index in [1.807, 2.05) is 13.0 Å². The molecule has 0 aromatic rings. The maximum Gasteiger partial charge on any atom is 0.306 e. The van der Waals surface area contributed by atoms with Crippen molar-refractivity contribution in [3.8, 4) is 0 Å². The molecular weight excluding hydrogens is 528 g/mol. The van der Waals surface area contributed by atoms with E-state index in [0.717, 1.165) is 30.4 Å². The number of fused-ring (bicyclic) bond motifs is 1. The summed E-state index contributed by atoms with van der Waals surface area (Å²) in [5.74, 6) is -0.591. The lowest BCUT2D eigenvalue weighted by Crippen LogP contribution is -2.33. The lowest BCUT2D eigenvalue weighted by molar-refractivity contribution is -0.143. The molecule has 1 aliphatic heterocycles. The van der Waals surface area contributed by atoms with Crippen LogP contribution in [0.2, 0.25) is 0 Å². The molecule has 0 bridgehead atoms. The van der Waals surface area contributed by atoms with Gasteiger partial charge in [-0.15, -0.1) is 0 Å². The molecule has 6 heteroatoms. The maximum atomic E-state index is 12.7. The van der Waals surface area contributed by atoms with Gasteiger partial charge in [-0.25, -0.2) is 0 Å². The topological polar surface area (TPSA) is 99.5 Å². The molecule has 1 saturated carbocycles. The van der Waals surface area contributed by atoms with Crippen molar-refractivity contribution >= 4 is 5.97 Å². The SMILES string of the molecule is C=C1CC2OC2C(C)(O)CCC(C(=CC=CC(C)(C)O)COC(=O)CCCCCCCCCCCCCCC)C1CO. The fourth-order valence-electron chi connectivity index (χ4n) is 6.24. The monoisotopic (exact) mass is 590 g/mol. The average molecular weight is 591 g/mol. The Bertz CT molecular complexity index is 851. The number of carbonyl (C=O) groups excluding carboxylic acids is 1. The minimum absolute atomic E-state index is 0.0686. The molecule has 0 amide bonds. The number of ether oxygens (including phenoxy) is 2. The number of allylic oxidation sites excluding steroid dienone is 2. The van der Waals surface area contributed by atoms with E-state index in [1.54, 1.807) is 26.0 Å². The number of hydrogen-bond donors (Lipinski definition) is 3. The fourth-order valence-corrected chi connectivity index (χ4v) is 6.24. The third-order valence-corrected chi connectivity index (χ3v) is 9.00. The van der Waals surface area contributed by atoms with Gasteiger partial charge in [0.05, 0.1) is 23.9 Å². The average Bonchev–Trinajstić information content (AvgIpc) is 3.70. The Balaban J connectivity index is 1.83. The zero-order chi connectivity index (χ0) is 31.0. The van der Waals surface area contributed by atoms with E-state index in [2.05, 4.69) is 13.5 Å². The van der Waals surface area contributed by atoms with Gasteiger partial charge in [0.25, 0.3) is 0 Å². The van der Waals surface area contributed by atoms with Crippen molar-refractivity contribution in [1.29, 1.82) is 0 Å². The highest BCUT2D eigenvalue weighted by Gasteiger charge is 2.52. The van der Waals surface area contributed by atoms with Gasteiger partial charge < -0.3 is 24.8 Å². The molecule has 2 fully saturated rings. The van der Waals surface area contributed by atoms with Crippen molar-refractivity contribution in [3.05, 3.63) is 36.0 Å². The molecule has 1 aliphatic carbocycles. The molecule has 1 saturated heterocycles. The number of aliphatic hydroxyl groups is 3. The van der Waals surface area contributed by atoms with Gasteiger partial charge in [-0.1, -0.05) is 114 Å². The van der Waals surface area contributed by atoms with E-state index in [9.17, 15) is 20.1 Å². The molecule has 5 atom stereocenters. The molecule has 2 aliphatic rings. The van der Waals surface area contributed by atoms with Crippen LogP contribution in [0.1, 0.15) is 137 Å². The van der Waals surface area contributed by atoms with Gasteiger partial charge >= 0.3 is 5.97 Å². The number of rotatable bonds is 20. The molecular formula is C36H62O6. The highest BCUT2D eigenvalue weighted by atomic mass is 16.6. The summed E-state index contributed by atoms with van der Waals surface area (Å²) in [5.41, 5.74) is -0.190. The summed E-state index contributed by atoms with van der Waals surface area (Å²) in [6, 6.07) is 0. The number of unbranched alkanes of at least 4 members (excludes halogenated alkanes) is 12. The molecule has 3 N–H and O–H groups in total. The first-order valence-corrected chi connectivity index (χ1v) is 16.9. The largest absolute Gasteiger partial charge is 0.461 e. The van der Waals surface area contributed by atoms with Gasteiger partial charge in [0, 0.05) is 12.3 Å². The van der Waals surface area contributed by atoms with Crippen LogP contribution in [-0.4, -0.2) is 57.9 Å². The second-order valence-electron chi connectivity index (χ2n) is 13.7. The van der Waals surface area contributed by atoms with Gasteiger partial charge in [0.1, 0.15) is 12.7 Å². The predicted molar refractivity (Wildman–Crippen MR) is 171 cm³/mol. The minimum Gasteiger partial charge on any atom is -0.461 e. The smallest absolute Gasteiger partial charge is 0.306 e. The molecule has 0 aromatic heterocycles. The lowest BCUT2D eigenvalue weighted by atomic mass is 9.77. The highest BCUT2D eigenvalue weighted by molar-refractivity contribution is 5.69. The van der Waals surface area contributed by atoms with Crippen LogP contribution >= 0.6 is 0 Å². The van der Waals surface area contributed by atoms with E-state index >= 15 is 0 Å². The molecule has 2 rings (SSSR count). The van der Waals surface area contributed by atoms with Crippen molar-refractivity contribution in [3.63, 3.8) is 0 Å². The highest BCUT2D eigenvalue weighted by Crippen LogP contribution is 2.45. The summed E-state index contributed by atoms with van der Waals surface area (Å²) in [6.45, 7) is 11.8. The Kier molecular flexibility index (Phi) is 16.6. The molecule has 5 unspecified atom stereocenters. The van der Waals surface area contributed by atoms with Gasteiger partial charge in [-0.05, 0) is 57.9 Å². The lowest BCUT2D eigenvalue weighted by Gasteiger charge is -2.31. The zero-order valence-electron chi connectivity index (χ0n) is 27.2. The molecule has 0 radical (unpaired) electrons. The predicted octanol–water partition coefficient (Wildman–Crippen LogP) is 7.75. The first-order valence-electron chi connectivity index (χ1n) is 16.9. The van der Waals surface area contributed by atoms with Crippen molar-refractivity contribution in [2.45, 2.75) is 160 Å². The van der Waals surface area contributed by atoms with Crippen LogP contribution in [0.25, 0.3) is 0 Å². The van der Waals surface area contributed by atoms with E-state index in [1.165, 1.54) is 64.2 Å². The van der Waals surface area contributed by atoms with Crippen LogP contribution in [-0.2, 0) is 14.3 Å². The second-order valence-corrected chi connectivity index (χ2v) is 13.7. The summed E-state index contributed by atoms with van der Waals surface area (Å²) < 4.78 is 11.5. The van der Waals surface area contributed by atoms with E-state index < -0.39 is 11.2 Å². The van der Waals surface area contributed by atoms with Gasteiger partial charge in [0.15, 0.2) is 0 Å². The van der Waals surface area contributed by atoms with Gasteiger partial charge in [-0.2, -0.15) is 0 Å². The van der Waals surface area contributed by atoms with Gasteiger partial charge in [-0.3, -0.25) is 4.79 Å². The number of aliphatic hydroxyl groups excluding tert-OH is 1. The molecule has 6 nitrogen and oxygen atoms in total. The fraction of sp³-hybridized carbons (Fsp3) is 0.806. The van der Waals surface area contributed by atoms with Gasteiger partial charge in [0.2, 0.25) is 0 Å². The minimum atomic E-state index is -0.979. The van der Waals surface area contributed by atoms with E-state index in [0.29, 0.717) is 25.7 Å². The summed E-state index contributed by atoms with van der Waals surface area (Å²) in [4.78, 5) is 12.7. The number of carbonyl (C=O) groups is 1. The summed E-state index contributed by atoms with van der Waals surface area (Å²) in [6.07, 6.45) is 23.6. The van der Waals surface area contributed by atoms with Crippen LogP contribution in [0.3, 0.4) is 0 Å². The molecule has 1 heterocycles. The van der Waals surface area contributed by atoms with Crippen LogP contribution < -0.4 is 0 Å². The number of epoxide rings is 1. The van der Waals surface area contributed by atoms with E-state index in [-0.39, 0.29) is 43.2 Å². The quantitative estimate of drug-likeness (QED) is 0.0441. The Morgan fingerprint density at radius 1 is 1.05 bits per heavy atom. The number of hydrogen-bond acceptors (Lipinski definition) is 6. The summed E-state index contributed by atoms with van der Waals surface area (Å²) >= 11 is 0. The maximum absolute atomic E-state index is 12.7. The molecule has 242 valence electrons. The Morgan fingerprint density at radius 3 is 2.17 bits per heavy atom. The van der Waals surface area contributed by atoms with Crippen molar-refractivity contribution in [1.82, 2.24) is 0 Å². The summed E-state index contributed by atoms with van der Waals surface area (Å²) in [5, 5.41) is 31.6. The third-order valence-electron chi connectivity index (χ3n) is 9.00. The Morgan fingerprint density at radius 2 is 1.62 bits per heavy atom. The third kappa shape index (κ3) is 14.3. The standard InChI is InChI=1S/C36H62O6/c1-6-7-8-9-10-11-12-13-14-15-16-17-18-21-33(38)41-27-29(20-19-23-35(3,4)39)30-22-24-36(5,40)34-32(42-34)25-28(2)31(30)26-37/h19-20,23,30-32,34,37,39-40H,2,6-18,21-22,24-27H2,1,3-5H3. The van der Waals surface area contributed by atoms with Crippen molar-refractivity contribution in [2.75, 3.05) is 13.2 Å². The van der Waals surface area contributed by atoms with Crippen LogP contribution in [0.5, 0.6) is 0 Å². The normalized spacial score (nSPS) is 26.9. The van der Waals surface area contributed by atoms with Crippen LogP contribution in [0, 0.1) is 11.8 Å².